The highest BCUT2D eigenvalue weighted by atomic mass is 32.1. The molecule has 8 heteroatoms. The van der Waals surface area contributed by atoms with Gasteiger partial charge in [0.25, 0.3) is 0 Å². The van der Waals surface area contributed by atoms with E-state index in [0.29, 0.717) is 28.4 Å². The number of carbonyl (C=O) groups is 1. The SMILES string of the molecule is Cc1cc(NC(=O)C2CCCc3ccc(-c4cccc(C(F)(F)F)c4)nc32)sn1. The molecule has 0 fully saturated rings. The van der Waals surface area contributed by atoms with Gasteiger partial charge in [-0.05, 0) is 67.5 Å². The van der Waals surface area contributed by atoms with Crippen molar-refractivity contribution in [1.82, 2.24) is 9.36 Å². The lowest BCUT2D eigenvalue weighted by Gasteiger charge is -2.24. The van der Waals surface area contributed by atoms with Gasteiger partial charge in [0.05, 0.1) is 28.6 Å². The van der Waals surface area contributed by atoms with Gasteiger partial charge in [-0.2, -0.15) is 17.5 Å². The second kappa shape index (κ2) is 7.59. The number of pyridine rings is 1. The Hall–Kier alpha value is -2.74. The Bertz CT molecular complexity index is 1060. The summed E-state index contributed by atoms with van der Waals surface area (Å²) in [5, 5.41) is 3.56. The van der Waals surface area contributed by atoms with E-state index in [9.17, 15) is 18.0 Å². The molecule has 29 heavy (non-hydrogen) atoms. The molecule has 0 saturated carbocycles. The lowest BCUT2D eigenvalue weighted by atomic mass is 9.85. The molecular formula is C21H18F3N3OS. The number of aromatic nitrogens is 2. The minimum absolute atomic E-state index is 0.164. The number of rotatable bonds is 3. The number of benzene rings is 1. The second-order valence-corrected chi connectivity index (χ2v) is 7.89. The van der Waals surface area contributed by atoms with Crippen LogP contribution in [-0.4, -0.2) is 15.3 Å². The monoisotopic (exact) mass is 417 g/mol. The van der Waals surface area contributed by atoms with Crippen molar-refractivity contribution in [1.29, 1.82) is 0 Å². The highest BCUT2D eigenvalue weighted by molar-refractivity contribution is 7.10. The van der Waals surface area contributed by atoms with Crippen molar-refractivity contribution >= 4 is 22.4 Å². The van der Waals surface area contributed by atoms with Gasteiger partial charge in [0, 0.05) is 5.56 Å². The van der Waals surface area contributed by atoms with Gasteiger partial charge in [-0.1, -0.05) is 18.2 Å². The zero-order valence-corrected chi connectivity index (χ0v) is 16.4. The number of anilines is 1. The first-order chi connectivity index (χ1) is 13.8. The molecule has 4 nitrogen and oxygen atoms in total. The van der Waals surface area contributed by atoms with Crippen molar-refractivity contribution in [2.24, 2.45) is 0 Å². The average molecular weight is 417 g/mol. The van der Waals surface area contributed by atoms with Gasteiger partial charge >= 0.3 is 6.18 Å². The Kier molecular flexibility index (Phi) is 5.12. The molecule has 1 N–H and O–H groups in total. The van der Waals surface area contributed by atoms with Crippen molar-refractivity contribution in [2.45, 2.75) is 38.3 Å². The van der Waals surface area contributed by atoms with Crippen molar-refractivity contribution in [3.8, 4) is 11.3 Å². The van der Waals surface area contributed by atoms with E-state index in [2.05, 4.69) is 14.7 Å². The van der Waals surface area contributed by atoms with Crippen LogP contribution < -0.4 is 5.32 Å². The Morgan fingerprint density at radius 3 is 2.76 bits per heavy atom. The lowest BCUT2D eigenvalue weighted by molar-refractivity contribution is -0.137. The van der Waals surface area contributed by atoms with Crippen LogP contribution in [0.15, 0.2) is 42.5 Å². The van der Waals surface area contributed by atoms with E-state index in [0.717, 1.165) is 36.2 Å². The number of fused-ring (bicyclic) bond motifs is 1. The van der Waals surface area contributed by atoms with Gasteiger partial charge in [-0.3, -0.25) is 9.78 Å². The summed E-state index contributed by atoms with van der Waals surface area (Å²) in [6.07, 6.45) is -2.11. The van der Waals surface area contributed by atoms with Gasteiger partial charge in [0.2, 0.25) is 5.91 Å². The Balaban J connectivity index is 1.66. The molecule has 4 rings (SSSR count). The molecule has 2 heterocycles. The molecule has 0 spiro atoms. The molecule has 1 aliphatic rings. The van der Waals surface area contributed by atoms with Gasteiger partial charge < -0.3 is 5.32 Å². The van der Waals surface area contributed by atoms with E-state index in [1.165, 1.54) is 17.6 Å². The number of carbonyl (C=O) groups excluding carboxylic acids is 1. The molecule has 2 aromatic heterocycles. The second-order valence-electron chi connectivity index (χ2n) is 7.09. The molecule has 150 valence electrons. The molecule has 1 unspecified atom stereocenters. The number of alkyl halides is 3. The number of hydrogen-bond acceptors (Lipinski definition) is 4. The summed E-state index contributed by atoms with van der Waals surface area (Å²) in [5.74, 6) is -0.602. The van der Waals surface area contributed by atoms with Crippen molar-refractivity contribution < 1.29 is 18.0 Å². The third kappa shape index (κ3) is 4.17. The van der Waals surface area contributed by atoms with Crippen molar-refractivity contribution in [2.75, 3.05) is 5.32 Å². The van der Waals surface area contributed by atoms with Crippen LogP contribution in [-0.2, 0) is 17.4 Å². The molecule has 3 aromatic rings. The zero-order valence-electron chi connectivity index (χ0n) is 15.6. The maximum Gasteiger partial charge on any atom is 0.416 e. The summed E-state index contributed by atoms with van der Waals surface area (Å²) in [6.45, 7) is 1.85. The normalized spacial score (nSPS) is 16.3. The summed E-state index contributed by atoms with van der Waals surface area (Å²) < 4.78 is 43.3. The largest absolute Gasteiger partial charge is 0.416 e. The van der Waals surface area contributed by atoms with E-state index >= 15 is 0 Å². The fraction of sp³-hybridized carbons (Fsp3) is 0.286. The average Bonchev–Trinajstić information content (AvgIpc) is 3.11. The minimum Gasteiger partial charge on any atom is -0.316 e. The van der Waals surface area contributed by atoms with E-state index in [1.54, 1.807) is 18.2 Å². The molecule has 0 aliphatic heterocycles. The van der Waals surface area contributed by atoms with Crippen LogP contribution in [0.4, 0.5) is 18.2 Å². The van der Waals surface area contributed by atoms with Gasteiger partial charge in [-0.15, -0.1) is 0 Å². The summed E-state index contributed by atoms with van der Waals surface area (Å²) in [5.41, 5.74) is 2.54. The van der Waals surface area contributed by atoms with Crippen LogP contribution in [0.2, 0.25) is 0 Å². The maximum atomic E-state index is 13.1. The smallest absolute Gasteiger partial charge is 0.316 e. The predicted octanol–water partition coefficient (Wildman–Crippen LogP) is 5.59. The van der Waals surface area contributed by atoms with Gasteiger partial charge in [0.15, 0.2) is 0 Å². The third-order valence-corrected chi connectivity index (χ3v) is 5.75. The zero-order chi connectivity index (χ0) is 20.6. The van der Waals surface area contributed by atoms with Gasteiger partial charge in [-0.25, -0.2) is 0 Å². The highest BCUT2D eigenvalue weighted by Crippen LogP contribution is 2.35. The highest BCUT2D eigenvalue weighted by Gasteiger charge is 2.31. The van der Waals surface area contributed by atoms with Gasteiger partial charge in [0.1, 0.15) is 5.00 Å². The lowest BCUT2D eigenvalue weighted by Crippen LogP contribution is -2.25. The predicted molar refractivity (Wildman–Crippen MR) is 106 cm³/mol. The summed E-state index contributed by atoms with van der Waals surface area (Å²) in [4.78, 5) is 17.5. The van der Waals surface area contributed by atoms with Crippen LogP contribution >= 0.6 is 11.5 Å². The fourth-order valence-electron chi connectivity index (χ4n) is 3.55. The number of halogens is 3. The van der Waals surface area contributed by atoms with Crippen LogP contribution in [0.3, 0.4) is 0 Å². The molecule has 1 aromatic carbocycles. The third-order valence-electron chi connectivity index (χ3n) is 4.96. The first-order valence-electron chi connectivity index (χ1n) is 9.23. The Labute approximate surface area is 170 Å². The number of hydrogen-bond donors (Lipinski definition) is 1. The molecule has 0 saturated heterocycles. The molecular weight excluding hydrogens is 399 g/mol. The quantitative estimate of drug-likeness (QED) is 0.604. The number of nitrogens with one attached hydrogen (secondary N) is 1. The first-order valence-corrected chi connectivity index (χ1v) is 10.0. The van der Waals surface area contributed by atoms with Crippen LogP contribution in [0.5, 0.6) is 0 Å². The minimum atomic E-state index is -4.42. The molecule has 0 radical (unpaired) electrons. The topological polar surface area (TPSA) is 54.9 Å². The molecule has 0 bridgehead atoms. The summed E-state index contributed by atoms with van der Waals surface area (Å²) in [6, 6.07) is 10.5. The summed E-state index contributed by atoms with van der Waals surface area (Å²) in [7, 11) is 0. The molecule has 1 aliphatic carbocycles. The molecule has 1 amide bonds. The number of aryl methyl sites for hydroxylation is 2. The van der Waals surface area contributed by atoms with E-state index in [4.69, 9.17) is 0 Å². The van der Waals surface area contributed by atoms with E-state index < -0.39 is 17.7 Å². The Morgan fingerprint density at radius 1 is 1.21 bits per heavy atom. The van der Waals surface area contributed by atoms with E-state index in [-0.39, 0.29) is 5.91 Å². The number of nitrogens with zero attached hydrogens (tertiary/aromatic N) is 2. The van der Waals surface area contributed by atoms with Crippen LogP contribution in [0, 0.1) is 6.92 Å². The number of amides is 1. The summed E-state index contributed by atoms with van der Waals surface area (Å²) >= 11 is 1.22. The van der Waals surface area contributed by atoms with Crippen molar-refractivity contribution in [3.05, 3.63) is 65.0 Å². The van der Waals surface area contributed by atoms with Crippen LogP contribution in [0.1, 0.15) is 41.3 Å². The van der Waals surface area contributed by atoms with Crippen molar-refractivity contribution in [3.63, 3.8) is 0 Å². The maximum absolute atomic E-state index is 13.1. The fourth-order valence-corrected chi connectivity index (χ4v) is 4.22. The molecule has 1 atom stereocenters. The van der Waals surface area contributed by atoms with E-state index in [1.807, 2.05) is 13.0 Å². The van der Waals surface area contributed by atoms with Crippen LogP contribution in [0.25, 0.3) is 11.3 Å². The first kappa shape index (κ1) is 19.6. The Morgan fingerprint density at radius 2 is 2.03 bits per heavy atom. The standard InChI is InChI=1S/C21H18F3N3OS/c1-12-10-18(29-27-12)26-20(28)16-7-3-4-13-8-9-17(25-19(13)16)14-5-2-6-15(11-14)21(22,23)24/h2,5-6,8-11,16H,3-4,7H2,1H3,(H,26,28).